The lowest BCUT2D eigenvalue weighted by atomic mass is 10.0. The van der Waals surface area contributed by atoms with Gasteiger partial charge in [0.2, 0.25) is 0 Å². The number of allylic oxidation sites excluding steroid dienone is 1. The van der Waals surface area contributed by atoms with Crippen molar-refractivity contribution < 1.29 is 0 Å². The lowest BCUT2D eigenvalue weighted by Crippen LogP contribution is -1.99. The van der Waals surface area contributed by atoms with E-state index in [4.69, 9.17) is 0 Å². The zero-order chi connectivity index (χ0) is 9.84. The fourth-order valence-electron chi connectivity index (χ4n) is 1.02. The first-order chi connectivity index (χ1) is 6.16. The Kier molecular flexibility index (Phi) is 2.96. The highest BCUT2D eigenvalue weighted by molar-refractivity contribution is 5.68. The van der Waals surface area contributed by atoms with Crippen LogP contribution in [0.15, 0.2) is 25.6 Å². The smallest absolute Gasteiger partial charge is 0.0915 e. The molecular weight excluding hydrogens is 160 g/mol. The summed E-state index contributed by atoms with van der Waals surface area (Å²) in [6.45, 7) is 11.8. The second-order valence-electron chi connectivity index (χ2n) is 3.17. The van der Waals surface area contributed by atoms with E-state index in [1.54, 1.807) is 18.5 Å². The predicted molar refractivity (Wildman–Crippen MR) is 56.0 cm³/mol. The Labute approximate surface area is 79.0 Å². The summed E-state index contributed by atoms with van der Waals surface area (Å²) in [5.41, 5.74) is 2.66. The molecule has 1 rings (SSSR count). The fourth-order valence-corrected chi connectivity index (χ4v) is 1.02. The first-order valence-corrected chi connectivity index (χ1v) is 4.29. The maximum Gasteiger partial charge on any atom is 0.0915 e. The molecule has 0 atom stereocenters. The zero-order valence-electron chi connectivity index (χ0n) is 8.12. The highest BCUT2D eigenvalue weighted by Crippen LogP contribution is 2.21. The van der Waals surface area contributed by atoms with Gasteiger partial charge in [0, 0.05) is 12.4 Å². The molecule has 0 saturated carbocycles. The number of hydrogen-bond acceptors (Lipinski definition) is 2. The van der Waals surface area contributed by atoms with Crippen LogP contribution < -0.4 is 0 Å². The van der Waals surface area contributed by atoms with Crippen LogP contribution in [0.5, 0.6) is 0 Å². The van der Waals surface area contributed by atoms with Crippen molar-refractivity contribution in [2.45, 2.75) is 13.8 Å². The van der Waals surface area contributed by atoms with Crippen LogP contribution in [0.4, 0.5) is 0 Å². The van der Waals surface area contributed by atoms with Crippen molar-refractivity contribution in [3.63, 3.8) is 0 Å². The summed E-state index contributed by atoms with van der Waals surface area (Å²) < 4.78 is 0. The quantitative estimate of drug-likeness (QED) is 0.704. The van der Waals surface area contributed by atoms with Gasteiger partial charge in [0.05, 0.1) is 11.4 Å². The molecule has 68 valence electrons. The van der Waals surface area contributed by atoms with Gasteiger partial charge in [-0.05, 0) is 17.6 Å². The molecule has 2 nitrogen and oxygen atoms in total. The lowest BCUT2D eigenvalue weighted by molar-refractivity contribution is 0.847. The van der Waals surface area contributed by atoms with Crippen LogP contribution in [-0.4, -0.2) is 9.97 Å². The molecule has 0 bridgehead atoms. The maximum absolute atomic E-state index is 4.24. The third-order valence-corrected chi connectivity index (χ3v) is 1.92. The van der Waals surface area contributed by atoms with E-state index in [0.717, 1.165) is 17.0 Å². The molecule has 1 aromatic heterocycles. The van der Waals surface area contributed by atoms with Gasteiger partial charge in [0.25, 0.3) is 0 Å². The second-order valence-corrected chi connectivity index (χ2v) is 3.17. The van der Waals surface area contributed by atoms with E-state index in [1.807, 2.05) is 0 Å². The fraction of sp³-hybridized carbons (Fsp3) is 0.273. The Morgan fingerprint density at radius 3 is 2.54 bits per heavy atom. The molecule has 2 heteroatoms. The molecule has 0 aliphatic carbocycles. The van der Waals surface area contributed by atoms with Gasteiger partial charge in [-0.1, -0.05) is 27.0 Å². The minimum atomic E-state index is 0.385. The number of hydrogen-bond donors (Lipinski definition) is 0. The van der Waals surface area contributed by atoms with E-state index in [9.17, 15) is 0 Å². The van der Waals surface area contributed by atoms with Crippen molar-refractivity contribution in [2.24, 2.45) is 5.92 Å². The van der Waals surface area contributed by atoms with Crippen LogP contribution in [0.25, 0.3) is 11.6 Å². The van der Waals surface area contributed by atoms with Gasteiger partial charge in [-0.25, -0.2) is 0 Å². The normalized spacial score (nSPS) is 10.1. The second kappa shape index (κ2) is 3.99. The summed E-state index contributed by atoms with van der Waals surface area (Å²) >= 11 is 0. The van der Waals surface area contributed by atoms with Gasteiger partial charge < -0.3 is 0 Å². The van der Waals surface area contributed by atoms with Crippen LogP contribution in [-0.2, 0) is 0 Å². The SMILES string of the molecule is C=Cc1nccnc1C(=C)C(C)C. The summed E-state index contributed by atoms with van der Waals surface area (Å²) in [5.74, 6) is 0.385. The molecule has 0 aromatic carbocycles. The average Bonchev–Trinajstić information content (AvgIpc) is 2.16. The molecule has 0 unspecified atom stereocenters. The molecular formula is C11H14N2. The molecule has 1 aromatic rings. The van der Waals surface area contributed by atoms with E-state index in [0.29, 0.717) is 5.92 Å². The van der Waals surface area contributed by atoms with Gasteiger partial charge in [-0.15, -0.1) is 0 Å². The monoisotopic (exact) mass is 174 g/mol. The molecule has 0 spiro atoms. The first kappa shape index (κ1) is 9.65. The maximum atomic E-state index is 4.24. The average molecular weight is 174 g/mol. The van der Waals surface area contributed by atoms with Crippen molar-refractivity contribution >= 4 is 11.6 Å². The van der Waals surface area contributed by atoms with Crippen molar-refractivity contribution in [1.29, 1.82) is 0 Å². The number of nitrogens with zero attached hydrogens (tertiary/aromatic N) is 2. The Bertz CT molecular complexity index is 327. The van der Waals surface area contributed by atoms with Gasteiger partial charge >= 0.3 is 0 Å². The van der Waals surface area contributed by atoms with Gasteiger partial charge in [0.1, 0.15) is 0 Å². The van der Waals surface area contributed by atoms with Gasteiger partial charge in [-0.3, -0.25) is 9.97 Å². The van der Waals surface area contributed by atoms with E-state index < -0.39 is 0 Å². The Morgan fingerprint density at radius 1 is 1.38 bits per heavy atom. The molecule has 0 aliphatic rings. The molecule has 1 heterocycles. The first-order valence-electron chi connectivity index (χ1n) is 4.29. The van der Waals surface area contributed by atoms with Crippen molar-refractivity contribution in [3.05, 3.63) is 36.9 Å². The summed E-state index contributed by atoms with van der Waals surface area (Å²) in [7, 11) is 0. The third-order valence-electron chi connectivity index (χ3n) is 1.92. The predicted octanol–water partition coefficient (Wildman–Crippen LogP) is 2.79. The highest BCUT2D eigenvalue weighted by Gasteiger charge is 2.08. The largest absolute Gasteiger partial charge is 0.253 e. The Morgan fingerprint density at radius 2 is 2.00 bits per heavy atom. The Hall–Kier alpha value is -1.44. The van der Waals surface area contributed by atoms with Crippen LogP contribution in [0.1, 0.15) is 25.2 Å². The summed E-state index contributed by atoms with van der Waals surface area (Å²) in [6, 6.07) is 0. The minimum Gasteiger partial charge on any atom is -0.253 e. The standard InChI is InChI=1S/C11H14N2/c1-5-10-11(9(4)8(2)3)13-7-6-12-10/h5-8H,1,4H2,2-3H3. The number of rotatable bonds is 3. The van der Waals surface area contributed by atoms with Crippen molar-refractivity contribution in [3.8, 4) is 0 Å². The summed E-state index contributed by atoms with van der Waals surface area (Å²) in [4.78, 5) is 8.40. The lowest BCUT2D eigenvalue weighted by Gasteiger charge is -2.09. The van der Waals surface area contributed by atoms with Gasteiger partial charge in [0.15, 0.2) is 0 Å². The molecule has 0 amide bonds. The van der Waals surface area contributed by atoms with Gasteiger partial charge in [-0.2, -0.15) is 0 Å². The Balaban J connectivity index is 3.13. The van der Waals surface area contributed by atoms with Crippen LogP contribution >= 0.6 is 0 Å². The number of aromatic nitrogens is 2. The van der Waals surface area contributed by atoms with E-state index >= 15 is 0 Å². The summed E-state index contributed by atoms with van der Waals surface area (Å²) in [6.07, 6.45) is 5.04. The van der Waals surface area contributed by atoms with E-state index in [-0.39, 0.29) is 0 Å². The third kappa shape index (κ3) is 2.02. The molecule has 0 saturated heterocycles. The molecule has 13 heavy (non-hydrogen) atoms. The molecule has 0 fully saturated rings. The molecule has 0 radical (unpaired) electrons. The highest BCUT2D eigenvalue weighted by atomic mass is 14.8. The van der Waals surface area contributed by atoms with E-state index in [1.165, 1.54) is 0 Å². The van der Waals surface area contributed by atoms with Crippen LogP contribution in [0.2, 0.25) is 0 Å². The molecule has 0 aliphatic heterocycles. The summed E-state index contributed by atoms with van der Waals surface area (Å²) in [5, 5.41) is 0. The van der Waals surface area contributed by atoms with Crippen molar-refractivity contribution in [2.75, 3.05) is 0 Å². The topological polar surface area (TPSA) is 25.8 Å². The van der Waals surface area contributed by atoms with Crippen molar-refractivity contribution in [1.82, 2.24) is 9.97 Å². The zero-order valence-corrected chi connectivity index (χ0v) is 8.12. The van der Waals surface area contributed by atoms with Crippen LogP contribution in [0.3, 0.4) is 0 Å². The van der Waals surface area contributed by atoms with Crippen LogP contribution in [0, 0.1) is 5.92 Å². The van der Waals surface area contributed by atoms with E-state index in [2.05, 4.69) is 37.0 Å². The molecule has 0 N–H and O–H groups in total. The minimum absolute atomic E-state index is 0.385.